The summed E-state index contributed by atoms with van der Waals surface area (Å²) in [5.41, 5.74) is 1.16. The van der Waals surface area contributed by atoms with E-state index < -0.39 is 7.37 Å². The number of thiophene rings is 1. The smallest absolute Gasteiger partial charge is 0.270 e. The fourth-order valence-corrected chi connectivity index (χ4v) is 5.01. The minimum absolute atomic E-state index is 0.447. The van der Waals surface area contributed by atoms with Gasteiger partial charge in [-0.1, -0.05) is 23.8 Å². The molecular formula is C13H15O2PS. The zero-order valence-electron chi connectivity index (χ0n) is 9.92. The molecule has 0 fully saturated rings. The summed E-state index contributed by atoms with van der Waals surface area (Å²) in [6.07, 6.45) is 0. The molecule has 0 radical (unpaired) electrons. The maximum atomic E-state index is 13.0. The van der Waals surface area contributed by atoms with Crippen LogP contribution >= 0.6 is 18.7 Å². The lowest BCUT2D eigenvalue weighted by Crippen LogP contribution is -2.15. The molecule has 2 nitrogen and oxygen atoms in total. The van der Waals surface area contributed by atoms with Gasteiger partial charge in [0.2, 0.25) is 0 Å². The summed E-state index contributed by atoms with van der Waals surface area (Å²) in [7, 11) is -2.88. The summed E-state index contributed by atoms with van der Waals surface area (Å²) in [6, 6.07) is 11.5. The second kappa shape index (κ2) is 5.18. The lowest BCUT2D eigenvalue weighted by Gasteiger charge is -2.16. The van der Waals surface area contributed by atoms with E-state index in [9.17, 15) is 4.57 Å². The fourth-order valence-electron chi connectivity index (χ4n) is 1.63. The number of hydrogen-bond donors (Lipinski definition) is 0. The molecule has 0 amide bonds. The van der Waals surface area contributed by atoms with E-state index in [-0.39, 0.29) is 0 Å². The third kappa shape index (κ3) is 2.52. The van der Waals surface area contributed by atoms with E-state index >= 15 is 0 Å². The van der Waals surface area contributed by atoms with Gasteiger partial charge in [-0.05, 0) is 37.4 Å². The van der Waals surface area contributed by atoms with Crippen molar-refractivity contribution < 1.29 is 9.09 Å². The molecule has 1 atom stereocenters. The Labute approximate surface area is 106 Å². The number of aryl methyl sites for hydroxylation is 1. The van der Waals surface area contributed by atoms with E-state index in [2.05, 4.69) is 0 Å². The molecule has 2 rings (SSSR count). The second-order valence-electron chi connectivity index (χ2n) is 3.76. The monoisotopic (exact) mass is 266 g/mol. The van der Waals surface area contributed by atoms with Crippen molar-refractivity contribution in [1.82, 2.24) is 0 Å². The van der Waals surface area contributed by atoms with Crippen LogP contribution in [0.5, 0.6) is 0 Å². The van der Waals surface area contributed by atoms with Crippen LogP contribution in [-0.2, 0) is 9.09 Å². The molecule has 1 heterocycles. The van der Waals surface area contributed by atoms with E-state index in [0.29, 0.717) is 6.61 Å². The Kier molecular flexibility index (Phi) is 3.82. The van der Waals surface area contributed by atoms with Gasteiger partial charge in [0.1, 0.15) is 0 Å². The summed E-state index contributed by atoms with van der Waals surface area (Å²) in [5.74, 6) is 0. The third-order valence-electron chi connectivity index (χ3n) is 2.48. The van der Waals surface area contributed by atoms with Crippen LogP contribution in [0.1, 0.15) is 12.5 Å². The lowest BCUT2D eigenvalue weighted by molar-refractivity contribution is 0.348. The van der Waals surface area contributed by atoms with E-state index in [0.717, 1.165) is 15.5 Å². The van der Waals surface area contributed by atoms with Gasteiger partial charge in [0, 0.05) is 5.30 Å². The first-order chi connectivity index (χ1) is 8.16. The van der Waals surface area contributed by atoms with Crippen LogP contribution in [-0.4, -0.2) is 6.61 Å². The van der Waals surface area contributed by atoms with Crippen molar-refractivity contribution in [1.29, 1.82) is 0 Å². The van der Waals surface area contributed by atoms with Crippen molar-refractivity contribution in [3.63, 3.8) is 0 Å². The first-order valence-electron chi connectivity index (χ1n) is 5.52. The molecule has 2 aromatic rings. The van der Waals surface area contributed by atoms with E-state index in [1.807, 2.05) is 55.6 Å². The Hall–Kier alpha value is -0.890. The zero-order valence-corrected chi connectivity index (χ0v) is 11.6. The molecule has 0 spiro atoms. The molecule has 0 aliphatic carbocycles. The number of hydrogen-bond acceptors (Lipinski definition) is 3. The predicted molar refractivity (Wildman–Crippen MR) is 74.0 cm³/mol. The van der Waals surface area contributed by atoms with Crippen LogP contribution in [0, 0.1) is 6.92 Å². The Bertz CT molecular complexity index is 517. The van der Waals surface area contributed by atoms with Crippen LogP contribution in [0.2, 0.25) is 0 Å². The van der Waals surface area contributed by atoms with E-state index in [4.69, 9.17) is 4.52 Å². The zero-order chi connectivity index (χ0) is 12.3. The number of benzene rings is 1. The van der Waals surface area contributed by atoms with Gasteiger partial charge in [0.05, 0.1) is 11.2 Å². The first kappa shape index (κ1) is 12.6. The van der Waals surface area contributed by atoms with Crippen molar-refractivity contribution in [3.8, 4) is 0 Å². The summed E-state index contributed by atoms with van der Waals surface area (Å²) in [4.78, 5) is 0. The van der Waals surface area contributed by atoms with Crippen molar-refractivity contribution in [2.24, 2.45) is 0 Å². The summed E-state index contributed by atoms with van der Waals surface area (Å²) in [6.45, 7) is 4.33. The molecule has 0 aliphatic rings. The van der Waals surface area contributed by atoms with Gasteiger partial charge >= 0.3 is 0 Å². The predicted octanol–water partition coefficient (Wildman–Crippen LogP) is 3.32. The Morgan fingerprint density at radius 2 is 1.94 bits per heavy atom. The highest BCUT2D eigenvalue weighted by Crippen LogP contribution is 2.45. The van der Waals surface area contributed by atoms with Crippen LogP contribution in [0.15, 0.2) is 41.8 Å². The maximum Gasteiger partial charge on any atom is 0.270 e. The fraction of sp³-hybridized carbons (Fsp3) is 0.231. The minimum atomic E-state index is -2.88. The summed E-state index contributed by atoms with van der Waals surface area (Å²) >= 11 is 1.48. The molecule has 4 heteroatoms. The molecule has 0 saturated carbocycles. The standard InChI is InChI=1S/C13H15O2PS/c1-3-15-16(14,13-5-4-10-17-13)12-8-6-11(2)7-9-12/h4-10H,3H2,1-2H3. The quantitative estimate of drug-likeness (QED) is 0.793. The van der Waals surface area contributed by atoms with Crippen molar-refractivity contribution in [2.75, 3.05) is 6.61 Å². The largest absolute Gasteiger partial charge is 0.322 e. The molecule has 0 bridgehead atoms. The molecule has 17 heavy (non-hydrogen) atoms. The van der Waals surface area contributed by atoms with Crippen molar-refractivity contribution >= 4 is 28.6 Å². The molecule has 1 unspecified atom stereocenters. The third-order valence-corrected chi connectivity index (χ3v) is 6.52. The Balaban J connectivity index is 2.48. The van der Waals surface area contributed by atoms with E-state index in [1.54, 1.807) is 0 Å². The average Bonchev–Trinajstić information content (AvgIpc) is 2.84. The lowest BCUT2D eigenvalue weighted by atomic mass is 10.2. The highest BCUT2D eigenvalue weighted by molar-refractivity contribution is 7.79. The van der Waals surface area contributed by atoms with Crippen LogP contribution in [0.25, 0.3) is 0 Å². The molecule has 0 saturated heterocycles. The highest BCUT2D eigenvalue weighted by atomic mass is 32.1. The van der Waals surface area contributed by atoms with Gasteiger partial charge in [0.25, 0.3) is 7.37 Å². The van der Waals surface area contributed by atoms with Crippen LogP contribution in [0.4, 0.5) is 0 Å². The van der Waals surface area contributed by atoms with Crippen LogP contribution < -0.4 is 9.92 Å². The van der Waals surface area contributed by atoms with Gasteiger partial charge in [-0.25, -0.2) is 0 Å². The molecular weight excluding hydrogens is 251 g/mol. The SMILES string of the molecule is CCOP(=O)(c1ccc(C)cc1)c1cccs1. The Morgan fingerprint density at radius 3 is 2.47 bits per heavy atom. The maximum absolute atomic E-state index is 13.0. The second-order valence-corrected chi connectivity index (χ2v) is 7.37. The van der Waals surface area contributed by atoms with Gasteiger partial charge in [-0.15, -0.1) is 11.3 Å². The van der Waals surface area contributed by atoms with Gasteiger partial charge in [-0.3, -0.25) is 4.57 Å². The van der Waals surface area contributed by atoms with Gasteiger partial charge < -0.3 is 4.52 Å². The number of rotatable bonds is 4. The summed E-state index contributed by atoms with van der Waals surface area (Å²) in [5, 5.41) is 2.70. The topological polar surface area (TPSA) is 26.3 Å². The van der Waals surface area contributed by atoms with E-state index in [1.165, 1.54) is 11.3 Å². The molecule has 90 valence electrons. The van der Waals surface area contributed by atoms with Crippen molar-refractivity contribution in [3.05, 3.63) is 47.3 Å². The van der Waals surface area contributed by atoms with Crippen LogP contribution in [0.3, 0.4) is 0 Å². The highest BCUT2D eigenvalue weighted by Gasteiger charge is 2.28. The minimum Gasteiger partial charge on any atom is -0.322 e. The average molecular weight is 266 g/mol. The molecule has 1 aromatic heterocycles. The van der Waals surface area contributed by atoms with Gasteiger partial charge in [-0.2, -0.15) is 0 Å². The van der Waals surface area contributed by atoms with Crippen molar-refractivity contribution in [2.45, 2.75) is 13.8 Å². The molecule has 0 aliphatic heterocycles. The molecule has 1 aromatic carbocycles. The molecule has 0 N–H and O–H groups in total. The summed E-state index contributed by atoms with van der Waals surface area (Å²) < 4.78 is 19.4. The Morgan fingerprint density at radius 1 is 1.24 bits per heavy atom. The first-order valence-corrected chi connectivity index (χ1v) is 8.03. The van der Waals surface area contributed by atoms with Gasteiger partial charge in [0.15, 0.2) is 0 Å². The normalized spacial score (nSPS) is 14.5.